The van der Waals surface area contributed by atoms with Gasteiger partial charge in [0.1, 0.15) is 0 Å². The second-order valence-corrected chi connectivity index (χ2v) is 5.86. The lowest BCUT2D eigenvalue weighted by molar-refractivity contribution is 0.0915. The number of aliphatic hydroxyl groups excluding tert-OH is 1. The quantitative estimate of drug-likeness (QED) is 0.835. The largest absolute Gasteiger partial charge is 0.392 e. The van der Waals surface area contributed by atoms with E-state index in [-0.39, 0.29) is 6.10 Å². The molecular weight excluding hydrogens is 224 g/mol. The summed E-state index contributed by atoms with van der Waals surface area (Å²) in [6.07, 6.45) is 4.91. The van der Waals surface area contributed by atoms with Gasteiger partial charge in [-0.1, -0.05) is 18.6 Å². The van der Waals surface area contributed by atoms with Gasteiger partial charge >= 0.3 is 0 Å². The molecule has 1 heterocycles. The number of aliphatic hydroxyl groups is 1. The van der Waals surface area contributed by atoms with Crippen LogP contribution in [0.2, 0.25) is 0 Å². The number of hydrogen-bond acceptors (Lipinski definition) is 2. The zero-order chi connectivity index (χ0) is 13.3. The van der Waals surface area contributed by atoms with Crippen molar-refractivity contribution in [2.24, 2.45) is 18.9 Å². The van der Waals surface area contributed by atoms with E-state index >= 15 is 0 Å². The van der Waals surface area contributed by atoms with Gasteiger partial charge in [-0.3, -0.25) is 4.68 Å². The van der Waals surface area contributed by atoms with E-state index in [1.165, 1.54) is 5.57 Å². The van der Waals surface area contributed by atoms with Crippen LogP contribution in [-0.2, 0) is 13.5 Å². The van der Waals surface area contributed by atoms with E-state index in [1.54, 1.807) is 0 Å². The van der Waals surface area contributed by atoms with E-state index in [9.17, 15) is 5.11 Å². The Hall–Kier alpha value is -1.09. The molecule has 1 aromatic rings. The summed E-state index contributed by atoms with van der Waals surface area (Å²) in [4.78, 5) is 0. The van der Waals surface area contributed by atoms with Crippen molar-refractivity contribution < 1.29 is 5.11 Å². The first-order chi connectivity index (χ1) is 8.45. The van der Waals surface area contributed by atoms with Gasteiger partial charge in [-0.25, -0.2) is 0 Å². The minimum Gasteiger partial charge on any atom is -0.392 e. The second kappa shape index (κ2) is 5.27. The van der Waals surface area contributed by atoms with Crippen LogP contribution in [0.4, 0.5) is 0 Å². The van der Waals surface area contributed by atoms with Crippen LogP contribution in [0.5, 0.6) is 0 Å². The SMILES string of the molecule is CC1=CC(C)CC(C(O)Cc2cc(C)nn2C)C1. The molecule has 0 aromatic carbocycles. The molecule has 1 aliphatic rings. The van der Waals surface area contributed by atoms with Crippen LogP contribution < -0.4 is 0 Å². The van der Waals surface area contributed by atoms with E-state index in [2.05, 4.69) is 31.1 Å². The summed E-state index contributed by atoms with van der Waals surface area (Å²) in [6, 6.07) is 2.07. The normalized spacial score (nSPS) is 25.9. The van der Waals surface area contributed by atoms with Crippen molar-refractivity contribution in [3.63, 3.8) is 0 Å². The first-order valence-corrected chi connectivity index (χ1v) is 6.80. The lowest BCUT2D eigenvalue weighted by Crippen LogP contribution is -2.27. The number of rotatable bonds is 3. The molecule has 100 valence electrons. The van der Waals surface area contributed by atoms with Crippen molar-refractivity contribution in [1.82, 2.24) is 9.78 Å². The maximum Gasteiger partial charge on any atom is 0.0626 e. The van der Waals surface area contributed by atoms with Crippen molar-refractivity contribution in [2.45, 2.75) is 46.1 Å². The smallest absolute Gasteiger partial charge is 0.0626 e. The Balaban J connectivity index is 2.02. The van der Waals surface area contributed by atoms with E-state index in [1.807, 2.05) is 18.7 Å². The molecule has 3 heteroatoms. The highest BCUT2D eigenvalue weighted by Crippen LogP contribution is 2.31. The Morgan fingerprint density at radius 1 is 1.50 bits per heavy atom. The summed E-state index contributed by atoms with van der Waals surface area (Å²) in [5.74, 6) is 0.979. The number of hydrogen-bond donors (Lipinski definition) is 1. The van der Waals surface area contributed by atoms with E-state index in [4.69, 9.17) is 0 Å². The van der Waals surface area contributed by atoms with Gasteiger partial charge < -0.3 is 5.11 Å². The molecule has 0 saturated carbocycles. The Morgan fingerprint density at radius 2 is 2.22 bits per heavy atom. The highest BCUT2D eigenvalue weighted by atomic mass is 16.3. The van der Waals surface area contributed by atoms with Gasteiger partial charge in [0.2, 0.25) is 0 Å². The Morgan fingerprint density at radius 3 is 2.78 bits per heavy atom. The Bertz CT molecular complexity index is 447. The topological polar surface area (TPSA) is 38.1 Å². The van der Waals surface area contributed by atoms with Gasteiger partial charge in [0.05, 0.1) is 11.8 Å². The number of allylic oxidation sites excluding steroid dienone is 2. The van der Waals surface area contributed by atoms with Crippen LogP contribution in [0, 0.1) is 18.8 Å². The lowest BCUT2D eigenvalue weighted by Gasteiger charge is -2.29. The molecule has 3 atom stereocenters. The van der Waals surface area contributed by atoms with Crippen molar-refractivity contribution in [1.29, 1.82) is 0 Å². The Labute approximate surface area is 110 Å². The minimum atomic E-state index is -0.258. The lowest BCUT2D eigenvalue weighted by atomic mass is 9.79. The fourth-order valence-electron chi connectivity index (χ4n) is 3.13. The van der Waals surface area contributed by atoms with Crippen LogP contribution in [0.3, 0.4) is 0 Å². The molecule has 0 spiro atoms. The van der Waals surface area contributed by atoms with Crippen molar-refractivity contribution in [3.8, 4) is 0 Å². The van der Waals surface area contributed by atoms with E-state index in [0.29, 0.717) is 18.3 Å². The third-order valence-electron chi connectivity index (χ3n) is 3.89. The molecule has 2 rings (SSSR count). The van der Waals surface area contributed by atoms with Crippen LogP contribution in [0.15, 0.2) is 17.7 Å². The summed E-state index contributed by atoms with van der Waals surface area (Å²) in [6.45, 7) is 6.39. The van der Waals surface area contributed by atoms with Gasteiger partial charge in [0, 0.05) is 19.2 Å². The van der Waals surface area contributed by atoms with E-state index in [0.717, 1.165) is 24.2 Å². The fourth-order valence-corrected chi connectivity index (χ4v) is 3.13. The molecule has 0 fully saturated rings. The number of aryl methyl sites for hydroxylation is 2. The molecule has 3 unspecified atom stereocenters. The molecule has 0 amide bonds. The highest BCUT2D eigenvalue weighted by Gasteiger charge is 2.25. The molecule has 3 nitrogen and oxygen atoms in total. The molecule has 18 heavy (non-hydrogen) atoms. The zero-order valence-corrected chi connectivity index (χ0v) is 11.8. The molecule has 1 aliphatic carbocycles. The summed E-state index contributed by atoms with van der Waals surface area (Å²) in [5.41, 5.74) is 3.56. The average Bonchev–Trinajstić information content (AvgIpc) is 2.56. The summed E-state index contributed by atoms with van der Waals surface area (Å²) >= 11 is 0. The van der Waals surface area contributed by atoms with Crippen LogP contribution in [0.25, 0.3) is 0 Å². The fraction of sp³-hybridized carbons (Fsp3) is 0.667. The highest BCUT2D eigenvalue weighted by molar-refractivity contribution is 5.12. The van der Waals surface area contributed by atoms with Crippen molar-refractivity contribution in [3.05, 3.63) is 29.1 Å². The third-order valence-corrected chi connectivity index (χ3v) is 3.89. The summed E-state index contributed by atoms with van der Waals surface area (Å²) < 4.78 is 1.88. The third kappa shape index (κ3) is 3.02. The maximum atomic E-state index is 10.4. The van der Waals surface area contributed by atoms with Gasteiger partial charge in [0.25, 0.3) is 0 Å². The zero-order valence-electron chi connectivity index (χ0n) is 11.8. The molecule has 0 aliphatic heterocycles. The number of aromatic nitrogens is 2. The molecular formula is C15H24N2O. The predicted molar refractivity (Wildman–Crippen MR) is 73.3 cm³/mol. The van der Waals surface area contributed by atoms with Gasteiger partial charge in [-0.2, -0.15) is 5.10 Å². The molecule has 0 bridgehead atoms. The molecule has 0 radical (unpaired) electrons. The predicted octanol–water partition coefficient (Wildman–Crippen LogP) is 2.62. The minimum absolute atomic E-state index is 0.258. The van der Waals surface area contributed by atoms with Crippen LogP contribution >= 0.6 is 0 Å². The van der Waals surface area contributed by atoms with Gasteiger partial charge in [-0.05, 0) is 44.6 Å². The molecule has 1 aromatic heterocycles. The first-order valence-electron chi connectivity index (χ1n) is 6.80. The summed E-state index contributed by atoms with van der Waals surface area (Å²) in [5, 5.41) is 14.8. The maximum absolute atomic E-state index is 10.4. The van der Waals surface area contributed by atoms with Gasteiger partial charge in [-0.15, -0.1) is 0 Å². The average molecular weight is 248 g/mol. The monoisotopic (exact) mass is 248 g/mol. The molecule has 1 N–H and O–H groups in total. The summed E-state index contributed by atoms with van der Waals surface area (Å²) in [7, 11) is 1.95. The van der Waals surface area contributed by atoms with Gasteiger partial charge in [0.15, 0.2) is 0 Å². The van der Waals surface area contributed by atoms with Crippen molar-refractivity contribution >= 4 is 0 Å². The van der Waals surface area contributed by atoms with Crippen LogP contribution in [0.1, 0.15) is 38.1 Å². The van der Waals surface area contributed by atoms with Crippen LogP contribution in [-0.4, -0.2) is 21.0 Å². The standard InChI is InChI=1S/C15H24N2O/c1-10-5-11(2)7-13(6-10)15(18)9-14-8-12(3)16-17(14)4/h5,8,10,13,15,18H,6-7,9H2,1-4H3. The Kier molecular flexibility index (Phi) is 3.91. The first kappa shape index (κ1) is 13.3. The van der Waals surface area contributed by atoms with E-state index < -0.39 is 0 Å². The number of nitrogens with zero attached hydrogens (tertiary/aromatic N) is 2. The second-order valence-electron chi connectivity index (χ2n) is 5.86. The molecule has 0 saturated heterocycles. The van der Waals surface area contributed by atoms with Crippen molar-refractivity contribution in [2.75, 3.05) is 0 Å².